The first-order valence-electron chi connectivity index (χ1n) is 6.50. The monoisotopic (exact) mass is 241 g/mol. The van der Waals surface area contributed by atoms with Crippen LogP contribution in [0.15, 0.2) is 0 Å². The second-order valence-corrected chi connectivity index (χ2v) is 5.05. The van der Waals surface area contributed by atoms with Gasteiger partial charge in [-0.3, -0.25) is 9.69 Å². The molecule has 1 heterocycles. The van der Waals surface area contributed by atoms with Gasteiger partial charge in [0.25, 0.3) is 5.91 Å². The average Bonchev–Trinajstić information content (AvgIpc) is 3.20. The topological polar surface area (TPSA) is 53.6 Å². The zero-order valence-corrected chi connectivity index (χ0v) is 10.7. The summed E-state index contributed by atoms with van der Waals surface area (Å²) in [5, 5.41) is 6.13. The number of rotatable bonds is 5. The van der Waals surface area contributed by atoms with Gasteiger partial charge in [-0.15, -0.1) is 0 Å². The minimum atomic E-state index is -0.317. The maximum atomic E-state index is 11.8. The van der Waals surface area contributed by atoms with Crippen molar-refractivity contribution in [3.05, 3.63) is 0 Å². The van der Waals surface area contributed by atoms with Gasteiger partial charge in [0.2, 0.25) is 0 Å². The van der Waals surface area contributed by atoms with Crippen molar-refractivity contribution in [1.82, 2.24) is 15.5 Å². The first-order valence-corrected chi connectivity index (χ1v) is 6.50. The molecule has 2 aliphatic rings. The van der Waals surface area contributed by atoms with E-state index in [9.17, 15) is 4.79 Å². The van der Waals surface area contributed by atoms with Crippen molar-refractivity contribution in [2.45, 2.75) is 38.0 Å². The summed E-state index contributed by atoms with van der Waals surface area (Å²) in [4.78, 5) is 14.2. The number of ether oxygens (including phenoxy) is 1. The van der Waals surface area contributed by atoms with Crippen LogP contribution in [0, 0.1) is 0 Å². The lowest BCUT2D eigenvalue weighted by Gasteiger charge is -2.27. The first-order chi connectivity index (χ1) is 8.18. The number of carbonyl (C=O) groups excluding carboxylic acids is 1. The maximum absolute atomic E-state index is 11.8. The summed E-state index contributed by atoms with van der Waals surface area (Å²) >= 11 is 0. The van der Waals surface area contributed by atoms with Crippen molar-refractivity contribution in [2.24, 2.45) is 0 Å². The van der Waals surface area contributed by atoms with Gasteiger partial charge in [-0.25, -0.2) is 0 Å². The SMILES string of the molecule is CC(CNC(=O)C1CNCCO1)N(C)C1CC1. The van der Waals surface area contributed by atoms with Crippen LogP contribution < -0.4 is 10.6 Å². The van der Waals surface area contributed by atoms with Crippen LogP contribution in [0.4, 0.5) is 0 Å². The lowest BCUT2D eigenvalue weighted by molar-refractivity contribution is -0.134. The second-order valence-electron chi connectivity index (χ2n) is 5.05. The van der Waals surface area contributed by atoms with Gasteiger partial charge in [-0.05, 0) is 26.8 Å². The number of nitrogens with one attached hydrogen (secondary N) is 2. The highest BCUT2D eigenvalue weighted by Crippen LogP contribution is 2.26. The predicted molar refractivity (Wildman–Crippen MR) is 65.9 cm³/mol. The Bertz CT molecular complexity index is 262. The fourth-order valence-electron chi connectivity index (χ4n) is 2.08. The number of likely N-dealkylation sites (N-methyl/N-ethyl adjacent to an activating group) is 1. The molecule has 2 unspecified atom stereocenters. The lowest BCUT2D eigenvalue weighted by Crippen LogP contribution is -2.50. The summed E-state index contributed by atoms with van der Waals surface area (Å²) in [7, 11) is 2.13. The highest BCUT2D eigenvalue weighted by molar-refractivity contribution is 5.81. The molecule has 1 saturated heterocycles. The molecule has 5 nitrogen and oxygen atoms in total. The van der Waals surface area contributed by atoms with Gasteiger partial charge in [0.05, 0.1) is 6.61 Å². The summed E-state index contributed by atoms with van der Waals surface area (Å²) < 4.78 is 5.40. The molecule has 0 aromatic rings. The van der Waals surface area contributed by atoms with Crippen LogP contribution in [0.5, 0.6) is 0 Å². The molecule has 1 saturated carbocycles. The van der Waals surface area contributed by atoms with Gasteiger partial charge >= 0.3 is 0 Å². The molecule has 2 atom stereocenters. The fourth-order valence-corrected chi connectivity index (χ4v) is 2.08. The first kappa shape index (κ1) is 12.8. The smallest absolute Gasteiger partial charge is 0.250 e. The van der Waals surface area contributed by atoms with Crippen LogP contribution in [0.3, 0.4) is 0 Å². The van der Waals surface area contributed by atoms with E-state index in [1.54, 1.807) is 0 Å². The van der Waals surface area contributed by atoms with Crippen LogP contribution in [0.1, 0.15) is 19.8 Å². The number of carbonyl (C=O) groups is 1. The standard InChI is InChI=1S/C12H23N3O2/c1-9(15(2)10-3-4-10)7-14-12(16)11-8-13-5-6-17-11/h9-11,13H,3-8H2,1-2H3,(H,14,16). The number of hydrogen-bond donors (Lipinski definition) is 2. The van der Waals surface area contributed by atoms with E-state index in [1.165, 1.54) is 12.8 Å². The third kappa shape index (κ3) is 3.66. The highest BCUT2D eigenvalue weighted by atomic mass is 16.5. The third-order valence-corrected chi connectivity index (χ3v) is 3.61. The molecule has 2 fully saturated rings. The van der Waals surface area contributed by atoms with Crippen LogP contribution in [-0.4, -0.2) is 62.3 Å². The molecule has 1 aliphatic carbocycles. The molecule has 0 aromatic heterocycles. The maximum Gasteiger partial charge on any atom is 0.250 e. The quantitative estimate of drug-likeness (QED) is 0.686. The van der Waals surface area contributed by atoms with Gasteiger partial charge in [-0.2, -0.15) is 0 Å². The molecular formula is C12H23N3O2. The van der Waals surface area contributed by atoms with E-state index >= 15 is 0 Å². The Morgan fingerprint density at radius 2 is 2.35 bits per heavy atom. The zero-order chi connectivity index (χ0) is 12.3. The molecule has 0 bridgehead atoms. The summed E-state index contributed by atoms with van der Waals surface area (Å²) in [6, 6.07) is 1.12. The van der Waals surface area contributed by atoms with Gasteiger partial charge < -0.3 is 15.4 Å². The molecule has 0 spiro atoms. The van der Waals surface area contributed by atoms with Crippen molar-refractivity contribution in [1.29, 1.82) is 0 Å². The van der Waals surface area contributed by atoms with Crippen molar-refractivity contribution in [3.8, 4) is 0 Å². The Morgan fingerprint density at radius 1 is 1.59 bits per heavy atom. The fraction of sp³-hybridized carbons (Fsp3) is 0.917. The Morgan fingerprint density at radius 3 is 2.94 bits per heavy atom. The Kier molecular flexibility index (Phi) is 4.36. The molecule has 98 valence electrons. The number of morpholine rings is 1. The van der Waals surface area contributed by atoms with Crippen molar-refractivity contribution < 1.29 is 9.53 Å². The largest absolute Gasteiger partial charge is 0.366 e. The predicted octanol–water partition coefficient (Wildman–Crippen LogP) is -0.426. The number of nitrogens with zero attached hydrogens (tertiary/aromatic N) is 1. The molecule has 5 heteroatoms. The molecule has 2 rings (SSSR count). The van der Waals surface area contributed by atoms with E-state index in [2.05, 4.69) is 29.5 Å². The normalized spacial score (nSPS) is 26.9. The molecule has 1 amide bonds. The molecular weight excluding hydrogens is 218 g/mol. The molecule has 2 N–H and O–H groups in total. The van der Waals surface area contributed by atoms with Gasteiger partial charge in [-0.1, -0.05) is 0 Å². The van der Waals surface area contributed by atoms with Crippen LogP contribution in [0.25, 0.3) is 0 Å². The van der Waals surface area contributed by atoms with Crippen molar-refractivity contribution >= 4 is 5.91 Å². The zero-order valence-electron chi connectivity index (χ0n) is 10.7. The Hall–Kier alpha value is -0.650. The number of hydrogen-bond acceptors (Lipinski definition) is 4. The van der Waals surface area contributed by atoms with E-state index in [1.807, 2.05) is 0 Å². The van der Waals surface area contributed by atoms with Crippen LogP contribution in [-0.2, 0) is 9.53 Å². The van der Waals surface area contributed by atoms with E-state index in [4.69, 9.17) is 4.74 Å². The Labute approximate surface area is 103 Å². The van der Waals surface area contributed by atoms with E-state index in [0.717, 1.165) is 12.6 Å². The van der Waals surface area contributed by atoms with Gasteiger partial charge in [0, 0.05) is 31.7 Å². The Balaban J connectivity index is 1.67. The molecule has 1 aliphatic heterocycles. The van der Waals surface area contributed by atoms with Gasteiger partial charge in [0.1, 0.15) is 6.10 Å². The summed E-state index contributed by atoms with van der Waals surface area (Å²) in [5.41, 5.74) is 0. The molecule has 17 heavy (non-hydrogen) atoms. The third-order valence-electron chi connectivity index (χ3n) is 3.61. The highest BCUT2D eigenvalue weighted by Gasteiger charge is 2.29. The van der Waals surface area contributed by atoms with Gasteiger partial charge in [0.15, 0.2) is 0 Å². The second kappa shape index (κ2) is 5.80. The number of amides is 1. The molecule has 0 radical (unpaired) electrons. The lowest BCUT2D eigenvalue weighted by atomic mass is 10.2. The van der Waals surface area contributed by atoms with Crippen molar-refractivity contribution in [3.63, 3.8) is 0 Å². The van der Waals surface area contributed by atoms with E-state index in [-0.39, 0.29) is 12.0 Å². The van der Waals surface area contributed by atoms with Crippen LogP contribution >= 0.6 is 0 Å². The van der Waals surface area contributed by atoms with Crippen LogP contribution in [0.2, 0.25) is 0 Å². The van der Waals surface area contributed by atoms with Crippen molar-refractivity contribution in [2.75, 3.05) is 33.3 Å². The summed E-state index contributed by atoms with van der Waals surface area (Å²) in [6.45, 7) is 4.93. The van der Waals surface area contributed by atoms with E-state index < -0.39 is 0 Å². The molecule has 0 aromatic carbocycles. The minimum absolute atomic E-state index is 0.00764. The summed E-state index contributed by atoms with van der Waals surface area (Å²) in [6.07, 6.45) is 2.27. The summed E-state index contributed by atoms with van der Waals surface area (Å²) in [5.74, 6) is 0.00764. The average molecular weight is 241 g/mol. The minimum Gasteiger partial charge on any atom is -0.366 e. The van der Waals surface area contributed by atoms with E-state index in [0.29, 0.717) is 25.7 Å².